The van der Waals surface area contributed by atoms with Crippen molar-refractivity contribution in [1.82, 2.24) is 0 Å². The first-order valence-corrected chi connectivity index (χ1v) is 24.8. The minimum absolute atomic E-state index is 0.000205. The molecule has 6 N–H and O–H groups in total. The molecule has 26 atom stereocenters. The van der Waals surface area contributed by atoms with Gasteiger partial charge in [0.1, 0.15) is 24.4 Å². The van der Waals surface area contributed by atoms with Crippen molar-refractivity contribution in [3.8, 4) is 0 Å². The third kappa shape index (κ3) is 13.8. The molecule has 6 aliphatic heterocycles. The number of hydrogen-bond acceptors (Lipinski definition) is 16. The van der Waals surface area contributed by atoms with Crippen LogP contribution in [0.3, 0.4) is 0 Å². The topological polar surface area (TPSA) is 214 Å². The van der Waals surface area contributed by atoms with Crippen LogP contribution in [0.1, 0.15) is 124 Å². The van der Waals surface area contributed by atoms with E-state index in [2.05, 4.69) is 0 Å². The van der Waals surface area contributed by atoms with E-state index >= 15 is 0 Å². The van der Waals surface area contributed by atoms with E-state index in [1.807, 2.05) is 111 Å². The number of rotatable bonds is 10. The van der Waals surface area contributed by atoms with E-state index in [0.717, 1.165) is 12.8 Å². The molecule has 6 rings (SSSR count). The molecule has 0 radical (unpaired) electrons. The maximum absolute atomic E-state index is 10.9. The summed E-state index contributed by atoms with van der Waals surface area (Å²) in [6, 6.07) is 0. The maximum Gasteiger partial charge on any atom is 0.186 e. The highest BCUT2D eigenvalue weighted by atomic mass is 16.8. The SMILES string of the molecule is CC.CC.CC[C@@H]1O[C@H](O[C@@H]2[C@@H](O[C@H]3[C@H](O)[C@@H](C)CO[C@@H]3C)OC[C@H](C)[C@H]2O)[C@@H](C)[C@H](O)[C@H]1C.CC[C@H]1O[C@@H](O[C@H]2[C@H](O[C@@H]3[C@@H](O)[C@H](C)CO[C@H]3C)OC[C@@H](C)[C@@H]2O)[C@H](C)[C@@H](O)[C@@H]1C. The van der Waals surface area contributed by atoms with Crippen molar-refractivity contribution >= 4 is 0 Å². The van der Waals surface area contributed by atoms with Gasteiger partial charge in [0.15, 0.2) is 25.2 Å². The molecular formula is C48H92O16. The Morgan fingerprint density at radius 3 is 0.922 bits per heavy atom. The van der Waals surface area contributed by atoms with Crippen molar-refractivity contribution in [2.45, 2.75) is 234 Å². The van der Waals surface area contributed by atoms with Crippen LogP contribution in [0.4, 0.5) is 0 Å². The van der Waals surface area contributed by atoms with Crippen molar-refractivity contribution in [2.24, 2.45) is 47.3 Å². The first-order chi connectivity index (χ1) is 30.3. The van der Waals surface area contributed by atoms with Gasteiger partial charge in [0, 0.05) is 47.3 Å². The van der Waals surface area contributed by atoms with Gasteiger partial charge in [-0.3, -0.25) is 0 Å². The Labute approximate surface area is 385 Å². The Kier molecular flexibility index (Phi) is 24.3. The molecule has 380 valence electrons. The highest BCUT2D eigenvalue weighted by molar-refractivity contribution is 4.93. The molecule has 6 fully saturated rings. The van der Waals surface area contributed by atoms with E-state index in [9.17, 15) is 30.6 Å². The van der Waals surface area contributed by atoms with Gasteiger partial charge in [0.05, 0.1) is 87.5 Å². The highest BCUT2D eigenvalue weighted by Gasteiger charge is 2.50. The van der Waals surface area contributed by atoms with E-state index in [1.165, 1.54) is 0 Å². The standard InChI is InChI=1S/2C22H40O8.2C2H6/c2*1-7-15-12(4)18(25)13(5)21(28-15)30-20-17(24)11(3)9-27-22(20)29-19-14(6)26-8-10(2)16(19)23;2*1-2/h2*10-25H,7-9H2,1-6H3;2*1-2H3/t2*10-,11-,12-,13-,14+,15-,16+,17+,18+,19+,20-,21+,22+;;/m10../s1. The molecule has 0 aromatic rings. The molecule has 0 unspecified atom stereocenters. The monoisotopic (exact) mass is 925 g/mol. The lowest BCUT2D eigenvalue weighted by molar-refractivity contribution is -0.353. The van der Waals surface area contributed by atoms with E-state index in [0.29, 0.717) is 26.4 Å². The summed E-state index contributed by atoms with van der Waals surface area (Å²) in [7, 11) is 0. The normalized spacial score (nSPS) is 49.8. The van der Waals surface area contributed by atoms with Gasteiger partial charge in [-0.05, 0) is 26.7 Å². The van der Waals surface area contributed by atoms with Crippen LogP contribution in [0.5, 0.6) is 0 Å². The average Bonchev–Trinajstić information content (AvgIpc) is 3.29. The van der Waals surface area contributed by atoms with E-state index in [4.69, 9.17) is 47.4 Å². The molecule has 0 aromatic heterocycles. The lowest BCUT2D eigenvalue weighted by atomic mass is 9.85. The number of ether oxygens (including phenoxy) is 10. The molecule has 6 saturated heterocycles. The van der Waals surface area contributed by atoms with E-state index in [1.54, 1.807) is 0 Å². The van der Waals surface area contributed by atoms with Gasteiger partial charge in [-0.2, -0.15) is 0 Å². The zero-order valence-corrected chi connectivity index (χ0v) is 42.0. The van der Waals surface area contributed by atoms with Crippen LogP contribution in [0, 0.1) is 47.3 Å². The third-order valence-electron chi connectivity index (χ3n) is 14.2. The lowest BCUT2D eigenvalue weighted by Crippen LogP contribution is -2.59. The smallest absolute Gasteiger partial charge is 0.186 e. The predicted octanol–water partition coefficient (Wildman–Crippen LogP) is 4.64. The van der Waals surface area contributed by atoms with Crippen LogP contribution in [-0.2, 0) is 47.4 Å². The molecule has 0 saturated carbocycles. The second kappa shape index (κ2) is 26.9. The predicted molar refractivity (Wildman–Crippen MR) is 240 cm³/mol. The average molecular weight is 925 g/mol. The number of hydrogen-bond donors (Lipinski definition) is 6. The van der Waals surface area contributed by atoms with Gasteiger partial charge in [0.2, 0.25) is 0 Å². The summed E-state index contributed by atoms with van der Waals surface area (Å²) in [5.74, 6) is -0.971. The Balaban J connectivity index is 0.000000316. The van der Waals surface area contributed by atoms with Crippen molar-refractivity contribution in [1.29, 1.82) is 0 Å². The molecule has 0 aliphatic carbocycles. The molecule has 16 heteroatoms. The number of aliphatic hydroxyl groups excluding tert-OH is 6. The van der Waals surface area contributed by atoms with Crippen molar-refractivity contribution in [3.05, 3.63) is 0 Å². The van der Waals surface area contributed by atoms with Crippen LogP contribution in [0.15, 0.2) is 0 Å². The Morgan fingerprint density at radius 2 is 0.625 bits per heavy atom. The molecule has 6 heterocycles. The van der Waals surface area contributed by atoms with Crippen LogP contribution in [0.25, 0.3) is 0 Å². The Morgan fingerprint density at radius 1 is 0.359 bits per heavy atom. The van der Waals surface area contributed by atoms with E-state index < -0.39 is 86.2 Å². The first kappa shape index (κ1) is 57.7. The first-order valence-electron chi connectivity index (χ1n) is 24.8. The molecule has 0 amide bonds. The minimum atomic E-state index is -0.875. The third-order valence-corrected chi connectivity index (χ3v) is 14.2. The molecule has 6 aliphatic rings. The van der Waals surface area contributed by atoms with Gasteiger partial charge in [-0.1, -0.05) is 96.9 Å². The van der Waals surface area contributed by atoms with Gasteiger partial charge in [-0.15, -0.1) is 0 Å². The molecule has 0 spiro atoms. The summed E-state index contributed by atoms with van der Waals surface area (Å²) in [5, 5.41) is 64.3. The molecular weight excluding hydrogens is 833 g/mol. The zero-order valence-electron chi connectivity index (χ0n) is 42.0. The van der Waals surface area contributed by atoms with Crippen molar-refractivity contribution < 1.29 is 78.0 Å². The molecule has 0 bridgehead atoms. The molecule has 16 nitrogen and oxygen atoms in total. The van der Waals surface area contributed by atoms with Crippen molar-refractivity contribution in [3.63, 3.8) is 0 Å². The fraction of sp³-hybridized carbons (Fsp3) is 1.00. The summed E-state index contributed by atoms with van der Waals surface area (Å²) in [6.45, 7) is 32.6. The quantitative estimate of drug-likeness (QED) is 0.176. The fourth-order valence-corrected chi connectivity index (χ4v) is 9.38. The van der Waals surface area contributed by atoms with Gasteiger partial charge >= 0.3 is 0 Å². The maximum atomic E-state index is 10.9. The Bertz CT molecular complexity index is 1190. The van der Waals surface area contributed by atoms with Gasteiger partial charge in [-0.25, -0.2) is 0 Å². The second-order valence-electron chi connectivity index (χ2n) is 19.1. The minimum Gasteiger partial charge on any atom is -0.392 e. The van der Waals surface area contributed by atoms with Crippen LogP contribution in [-0.4, -0.2) is 168 Å². The zero-order chi connectivity index (χ0) is 48.3. The second-order valence-corrected chi connectivity index (χ2v) is 19.1. The summed E-state index contributed by atoms with van der Waals surface area (Å²) < 4.78 is 60.2. The summed E-state index contributed by atoms with van der Waals surface area (Å²) >= 11 is 0. The fourth-order valence-electron chi connectivity index (χ4n) is 9.38. The van der Waals surface area contributed by atoms with Crippen molar-refractivity contribution in [2.75, 3.05) is 26.4 Å². The van der Waals surface area contributed by atoms with Gasteiger partial charge < -0.3 is 78.0 Å². The van der Waals surface area contributed by atoms with Crippen LogP contribution in [0.2, 0.25) is 0 Å². The van der Waals surface area contributed by atoms with Crippen LogP contribution < -0.4 is 0 Å². The molecule has 0 aromatic carbocycles. The summed E-state index contributed by atoms with van der Waals surface area (Å²) in [6.07, 6.45) is -9.51. The van der Waals surface area contributed by atoms with Gasteiger partial charge in [0.25, 0.3) is 0 Å². The van der Waals surface area contributed by atoms with E-state index in [-0.39, 0.29) is 71.8 Å². The summed E-state index contributed by atoms with van der Waals surface area (Å²) in [4.78, 5) is 0. The van der Waals surface area contributed by atoms with Crippen LogP contribution >= 0.6 is 0 Å². The Hall–Kier alpha value is -0.640. The summed E-state index contributed by atoms with van der Waals surface area (Å²) in [5.41, 5.74) is 0. The molecule has 64 heavy (non-hydrogen) atoms. The highest BCUT2D eigenvalue weighted by Crippen LogP contribution is 2.38. The number of aliphatic hydroxyl groups is 6. The largest absolute Gasteiger partial charge is 0.392 e. The lowest BCUT2D eigenvalue weighted by Gasteiger charge is -2.47.